The molecule has 2 atom stereocenters. The molecular formula is C13H15NO. The number of aliphatic hydroxyl groups excluding tert-OH is 1. The third-order valence-corrected chi connectivity index (χ3v) is 3.66. The molecular weight excluding hydrogens is 186 g/mol. The summed E-state index contributed by atoms with van der Waals surface area (Å²) in [5.74, 6) is 0.417. The van der Waals surface area contributed by atoms with E-state index in [2.05, 4.69) is 19.9 Å². The van der Waals surface area contributed by atoms with E-state index < -0.39 is 0 Å². The lowest BCUT2D eigenvalue weighted by Crippen LogP contribution is -2.47. The molecule has 0 aliphatic heterocycles. The summed E-state index contributed by atoms with van der Waals surface area (Å²) in [7, 11) is 0. The second kappa shape index (κ2) is 3.36. The van der Waals surface area contributed by atoms with Crippen LogP contribution in [0, 0.1) is 16.7 Å². The molecule has 2 nitrogen and oxygen atoms in total. The monoisotopic (exact) mass is 201 g/mol. The fraction of sp³-hybridized carbons (Fsp3) is 0.462. The van der Waals surface area contributed by atoms with Crippen LogP contribution in [-0.2, 0) is 0 Å². The van der Waals surface area contributed by atoms with Crippen LogP contribution >= 0.6 is 0 Å². The van der Waals surface area contributed by atoms with Crippen molar-refractivity contribution in [3.8, 4) is 6.07 Å². The van der Waals surface area contributed by atoms with Crippen molar-refractivity contribution in [1.82, 2.24) is 0 Å². The Morgan fingerprint density at radius 3 is 2.33 bits per heavy atom. The summed E-state index contributed by atoms with van der Waals surface area (Å²) in [6.07, 6.45) is 0.636. The highest BCUT2D eigenvalue weighted by Crippen LogP contribution is 2.52. The molecule has 2 unspecified atom stereocenters. The Balaban J connectivity index is 2.22. The van der Waals surface area contributed by atoms with Crippen molar-refractivity contribution in [1.29, 1.82) is 5.26 Å². The van der Waals surface area contributed by atoms with E-state index in [1.54, 1.807) is 0 Å². The van der Waals surface area contributed by atoms with Gasteiger partial charge in [-0.2, -0.15) is 5.26 Å². The van der Waals surface area contributed by atoms with Crippen LogP contribution in [0.2, 0.25) is 0 Å². The summed E-state index contributed by atoms with van der Waals surface area (Å²) >= 11 is 0. The molecule has 1 saturated carbocycles. The van der Waals surface area contributed by atoms with Crippen molar-refractivity contribution in [2.24, 2.45) is 5.41 Å². The Kier molecular flexibility index (Phi) is 2.28. The minimum absolute atomic E-state index is 0.0336. The Bertz CT molecular complexity index is 400. The molecule has 2 rings (SSSR count). The fourth-order valence-corrected chi connectivity index (χ4v) is 2.26. The quantitative estimate of drug-likeness (QED) is 0.758. The molecule has 2 heteroatoms. The zero-order valence-electron chi connectivity index (χ0n) is 9.07. The molecule has 0 radical (unpaired) electrons. The molecule has 1 aliphatic rings. The van der Waals surface area contributed by atoms with E-state index in [-0.39, 0.29) is 11.5 Å². The highest BCUT2D eigenvalue weighted by molar-refractivity contribution is 5.35. The molecule has 15 heavy (non-hydrogen) atoms. The first-order valence-electron chi connectivity index (χ1n) is 5.24. The van der Waals surface area contributed by atoms with Gasteiger partial charge in [0.25, 0.3) is 0 Å². The van der Waals surface area contributed by atoms with Gasteiger partial charge in [-0.3, -0.25) is 0 Å². The summed E-state index contributed by atoms with van der Waals surface area (Å²) in [5, 5.41) is 18.3. The van der Waals surface area contributed by atoms with Gasteiger partial charge in [0.2, 0.25) is 0 Å². The van der Waals surface area contributed by atoms with Crippen LogP contribution in [0.4, 0.5) is 0 Å². The average Bonchev–Trinajstić information content (AvgIpc) is 2.26. The fourth-order valence-electron chi connectivity index (χ4n) is 2.26. The molecule has 0 aromatic heterocycles. The molecule has 0 spiro atoms. The zero-order chi connectivity index (χ0) is 11.1. The third-order valence-electron chi connectivity index (χ3n) is 3.66. The number of hydrogen-bond donors (Lipinski definition) is 1. The first-order chi connectivity index (χ1) is 7.05. The summed E-state index contributed by atoms with van der Waals surface area (Å²) in [4.78, 5) is 0. The maximum Gasteiger partial charge on any atom is 0.0991 e. The van der Waals surface area contributed by atoms with Crippen molar-refractivity contribution in [3.63, 3.8) is 0 Å². The highest BCUT2D eigenvalue weighted by Gasteiger charge is 2.47. The smallest absolute Gasteiger partial charge is 0.0991 e. The van der Waals surface area contributed by atoms with Gasteiger partial charge >= 0.3 is 0 Å². The molecule has 0 saturated heterocycles. The van der Waals surface area contributed by atoms with Crippen LogP contribution in [0.25, 0.3) is 0 Å². The van der Waals surface area contributed by atoms with Crippen molar-refractivity contribution in [2.45, 2.75) is 32.3 Å². The van der Waals surface area contributed by atoms with Crippen LogP contribution in [0.15, 0.2) is 24.3 Å². The standard InChI is InChI=1S/C13H15NO/c1-13(2)11(7-12(13)15)10-5-3-9(8-14)4-6-10/h3-6,11-12,15H,7H2,1-2H3. The molecule has 1 aromatic rings. The number of benzene rings is 1. The number of nitrogens with zero attached hydrogens (tertiary/aromatic N) is 1. The minimum atomic E-state index is -0.196. The van der Waals surface area contributed by atoms with E-state index in [1.807, 2.05) is 24.3 Å². The Morgan fingerprint density at radius 1 is 1.33 bits per heavy atom. The minimum Gasteiger partial charge on any atom is -0.393 e. The molecule has 1 N–H and O–H groups in total. The van der Waals surface area contributed by atoms with E-state index >= 15 is 0 Å². The SMILES string of the molecule is CC1(C)C(O)CC1c1ccc(C#N)cc1. The van der Waals surface area contributed by atoms with Gasteiger partial charge in [0.05, 0.1) is 17.7 Å². The number of aliphatic hydroxyl groups is 1. The lowest BCUT2D eigenvalue weighted by molar-refractivity contribution is -0.0625. The molecule has 1 aliphatic carbocycles. The molecule has 78 valence electrons. The molecule has 0 bridgehead atoms. The predicted molar refractivity (Wildman–Crippen MR) is 58.3 cm³/mol. The van der Waals surface area contributed by atoms with E-state index in [4.69, 9.17) is 5.26 Å². The highest BCUT2D eigenvalue weighted by atomic mass is 16.3. The van der Waals surface area contributed by atoms with Crippen LogP contribution in [0.1, 0.15) is 37.3 Å². The van der Waals surface area contributed by atoms with E-state index in [0.717, 1.165) is 6.42 Å². The van der Waals surface area contributed by atoms with Gasteiger partial charge in [-0.25, -0.2) is 0 Å². The van der Waals surface area contributed by atoms with Crippen LogP contribution in [-0.4, -0.2) is 11.2 Å². The van der Waals surface area contributed by atoms with Gasteiger partial charge in [0.1, 0.15) is 0 Å². The van der Waals surface area contributed by atoms with E-state index in [0.29, 0.717) is 11.5 Å². The van der Waals surface area contributed by atoms with Crippen LogP contribution in [0.5, 0.6) is 0 Å². The number of hydrogen-bond acceptors (Lipinski definition) is 2. The van der Waals surface area contributed by atoms with Crippen molar-refractivity contribution in [2.75, 3.05) is 0 Å². The zero-order valence-corrected chi connectivity index (χ0v) is 9.07. The average molecular weight is 201 g/mol. The van der Waals surface area contributed by atoms with Gasteiger partial charge in [-0.15, -0.1) is 0 Å². The van der Waals surface area contributed by atoms with Gasteiger partial charge in [-0.1, -0.05) is 26.0 Å². The predicted octanol–water partition coefficient (Wildman–Crippen LogP) is 2.43. The Labute approximate surface area is 90.2 Å². The van der Waals surface area contributed by atoms with Gasteiger partial charge in [0.15, 0.2) is 0 Å². The van der Waals surface area contributed by atoms with Crippen molar-refractivity contribution < 1.29 is 5.11 Å². The first kappa shape index (κ1) is 10.2. The lowest BCUT2D eigenvalue weighted by Gasteiger charge is -2.49. The maximum atomic E-state index is 9.66. The second-order valence-electron chi connectivity index (χ2n) is 4.86. The van der Waals surface area contributed by atoms with Gasteiger partial charge < -0.3 is 5.11 Å². The number of nitriles is 1. The van der Waals surface area contributed by atoms with E-state index in [9.17, 15) is 5.11 Å². The normalized spacial score (nSPS) is 27.9. The van der Waals surface area contributed by atoms with E-state index in [1.165, 1.54) is 5.56 Å². The van der Waals surface area contributed by atoms with Gasteiger partial charge in [-0.05, 0) is 35.4 Å². The molecule has 1 aromatic carbocycles. The Morgan fingerprint density at radius 2 is 1.93 bits per heavy atom. The maximum absolute atomic E-state index is 9.66. The summed E-state index contributed by atoms with van der Waals surface area (Å²) < 4.78 is 0. The molecule has 1 fully saturated rings. The largest absolute Gasteiger partial charge is 0.393 e. The molecule has 0 amide bonds. The summed E-state index contributed by atoms with van der Waals surface area (Å²) in [6.45, 7) is 4.17. The topological polar surface area (TPSA) is 44.0 Å². The molecule has 0 heterocycles. The van der Waals surface area contributed by atoms with Crippen LogP contribution in [0.3, 0.4) is 0 Å². The number of rotatable bonds is 1. The van der Waals surface area contributed by atoms with Crippen molar-refractivity contribution >= 4 is 0 Å². The summed E-state index contributed by atoms with van der Waals surface area (Å²) in [5.41, 5.74) is 1.88. The van der Waals surface area contributed by atoms with Crippen LogP contribution < -0.4 is 0 Å². The Hall–Kier alpha value is -1.33. The lowest BCUT2D eigenvalue weighted by atomic mass is 9.58. The van der Waals surface area contributed by atoms with Crippen molar-refractivity contribution in [3.05, 3.63) is 35.4 Å². The first-order valence-corrected chi connectivity index (χ1v) is 5.24. The summed E-state index contributed by atoms with van der Waals surface area (Å²) in [6, 6.07) is 9.79. The van der Waals surface area contributed by atoms with Gasteiger partial charge in [0, 0.05) is 0 Å². The third kappa shape index (κ3) is 1.53. The second-order valence-corrected chi connectivity index (χ2v) is 4.86.